The summed E-state index contributed by atoms with van der Waals surface area (Å²) in [6, 6.07) is 42.4. The normalized spacial score (nSPS) is 22.5. The third-order valence-electron chi connectivity index (χ3n) is 11.5. The molecule has 4 fully saturated rings. The van der Waals surface area contributed by atoms with Gasteiger partial charge in [0.1, 0.15) is 5.52 Å². The lowest BCUT2D eigenvalue weighted by Crippen LogP contribution is -2.48. The molecule has 5 heteroatoms. The number of aromatic nitrogens is 4. The fourth-order valence-corrected chi connectivity index (χ4v) is 9.61. The van der Waals surface area contributed by atoms with Crippen molar-refractivity contribution in [3.63, 3.8) is 0 Å². The van der Waals surface area contributed by atoms with Crippen LogP contribution in [0, 0.1) is 17.8 Å². The summed E-state index contributed by atoms with van der Waals surface area (Å²) in [6.45, 7) is 0. The monoisotopic (exact) mass is 636 g/mol. The molecule has 0 aliphatic heterocycles. The molecule has 238 valence electrons. The minimum atomic E-state index is 0.369. The van der Waals surface area contributed by atoms with Crippen LogP contribution in [0.4, 0.5) is 0 Å². The molecule has 0 N–H and O–H groups in total. The van der Waals surface area contributed by atoms with E-state index in [0.717, 1.165) is 67.8 Å². The summed E-state index contributed by atoms with van der Waals surface area (Å²) in [5, 5.41) is 0. The van der Waals surface area contributed by atoms with Gasteiger partial charge in [-0.25, -0.2) is 19.9 Å². The van der Waals surface area contributed by atoms with E-state index in [2.05, 4.69) is 89.9 Å². The summed E-state index contributed by atoms with van der Waals surface area (Å²) in [6.07, 6.45) is 9.99. The number of oxazole rings is 1. The number of rotatable bonds is 6. The molecule has 0 saturated heterocycles. The second-order valence-electron chi connectivity index (χ2n) is 14.6. The zero-order valence-electron chi connectivity index (χ0n) is 27.3. The maximum Gasteiger partial charge on any atom is 0.182 e. The van der Waals surface area contributed by atoms with Gasteiger partial charge in [-0.1, -0.05) is 115 Å². The Bertz CT molecular complexity index is 2260. The van der Waals surface area contributed by atoms with Gasteiger partial charge in [0, 0.05) is 27.8 Å². The molecule has 49 heavy (non-hydrogen) atoms. The summed E-state index contributed by atoms with van der Waals surface area (Å²) < 4.78 is 5.94. The van der Waals surface area contributed by atoms with Gasteiger partial charge in [-0.3, -0.25) is 0 Å². The molecule has 2 heterocycles. The second-order valence-corrected chi connectivity index (χ2v) is 14.6. The van der Waals surface area contributed by atoms with E-state index in [1.165, 1.54) is 50.5 Å². The number of nitrogens with zero attached hydrogens (tertiary/aromatic N) is 4. The third kappa shape index (κ3) is 4.99. The predicted octanol–water partition coefficient (Wildman–Crippen LogP) is 10.8. The van der Waals surface area contributed by atoms with Crippen molar-refractivity contribution >= 4 is 11.1 Å². The van der Waals surface area contributed by atoms with Gasteiger partial charge in [-0.15, -0.1) is 0 Å². The van der Waals surface area contributed by atoms with Crippen LogP contribution in [0.3, 0.4) is 0 Å². The van der Waals surface area contributed by atoms with Crippen molar-refractivity contribution < 1.29 is 4.42 Å². The lowest BCUT2D eigenvalue weighted by atomic mass is 9.48. The average molecular weight is 637 g/mol. The van der Waals surface area contributed by atoms with Crippen LogP contribution in [0.25, 0.3) is 67.5 Å². The van der Waals surface area contributed by atoms with Gasteiger partial charge in [0.2, 0.25) is 0 Å². The fourth-order valence-electron chi connectivity index (χ4n) is 9.61. The molecular formula is C44H36N4O. The first-order chi connectivity index (χ1) is 24.2. The molecule has 0 unspecified atom stereocenters. The standard InChI is InChI=1S/C44H36N4O/c1-3-7-31(8-4-1)37-19-20-38(40-39(37)45-27-49-40)32-11-13-34(14-12-32)42-46-41(33-9-5-2-6-10-33)47-43(48-42)35-15-17-36(18-16-35)44-24-28-21-29(25-44)23-30(22-28)26-44/h1-20,27-30H,21-26H2. The summed E-state index contributed by atoms with van der Waals surface area (Å²) in [7, 11) is 0. The SMILES string of the molecule is c1ccc(-c2nc(-c3ccc(-c4ccc(-c5ccccc5)c5ncoc45)cc3)nc(-c3ccc(C45CC6CC(CC(C6)C4)C5)cc3)n2)cc1. The highest BCUT2D eigenvalue weighted by Crippen LogP contribution is 2.60. The maximum atomic E-state index is 5.94. The summed E-state index contributed by atoms with van der Waals surface area (Å²) in [5.74, 6) is 4.80. The number of hydrogen-bond acceptors (Lipinski definition) is 5. The topological polar surface area (TPSA) is 64.7 Å². The van der Waals surface area contributed by atoms with Crippen LogP contribution in [0.5, 0.6) is 0 Å². The van der Waals surface area contributed by atoms with E-state index in [9.17, 15) is 0 Å². The first-order valence-corrected chi connectivity index (χ1v) is 17.6. The van der Waals surface area contributed by atoms with E-state index >= 15 is 0 Å². The zero-order valence-corrected chi connectivity index (χ0v) is 27.3. The fraction of sp³-hybridized carbons (Fsp3) is 0.227. The smallest absolute Gasteiger partial charge is 0.182 e. The Kier molecular flexibility index (Phi) is 6.61. The highest BCUT2D eigenvalue weighted by Gasteiger charge is 2.51. The van der Waals surface area contributed by atoms with E-state index < -0.39 is 0 Å². The summed E-state index contributed by atoms with van der Waals surface area (Å²) >= 11 is 0. The van der Waals surface area contributed by atoms with Crippen molar-refractivity contribution in [2.75, 3.05) is 0 Å². The van der Waals surface area contributed by atoms with Crippen LogP contribution in [0.2, 0.25) is 0 Å². The number of hydrogen-bond donors (Lipinski definition) is 0. The van der Waals surface area contributed by atoms with Crippen molar-refractivity contribution in [1.29, 1.82) is 0 Å². The number of benzene rings is 5. The molecule has 0 amide bonds. The van der Waals surface area contributed by atoms with Gasteiger partial charge < -0.3 is 4.42 Å². The molecule has 4 aliphatic rings. The van der Waals surface area contributed by atoms with E-state index in [1.807, 2.05) is 36.4 Å². The van der Waals surface area contributed by atoms with Crippen molar-refractivity contribution in [2.45, 2.75) is 43.9 Å². The van der Waals surface area contributed by atoms with E-state index in [1.54, 1.807) is 0 Å². The van der Waals surface area contributed by atoms with Crippen molar-refractivity contribution in [2.24, 2.45) is 17.8 Å². The molecule has 7 aromatic rings. The van der Waals surface area contributed by atoms with Gasteiger partial charge in [0.25, 0.3) is 0 Å². The molecule has 0 radical (unpaired) electrons. The van der Waals surface area contributed by atoms with Gasteiger partial charge >= 0.3 is 0 Å². The van der Waals surface area contributed by atoms with E-state index in [-0.39, 0.29) is 0 Å². The second kappa shape index (κ2) is 11.3. The van der Waals surface area contributed by atoms with Crippen LogP contribution in [0.15, 0.2) is 132 Å². The Balaban J connectivity index is 1.00. The van der Waals surface area contributed by atoms with Crippen LogP contribution in [-0.4, -0.2) is 19.9 Å². The van der Waals surface area contributed by atoms with Crippen molar-refractivity contribution in [1.82, 2.24) is 19.9 Å². The van der Waals surface area contributed by atoms with E-state index in [4.69, 9.17) is 19.4 Å². The molecule has 4 bridgehead atoms. The first kappa shape index (κ1) is 28.6. The Hall–Kier alpha value is -5.42. The van der Waals surface area contributed by atoms with Gasteiger partial charge in [-0.05, 0) is 84.5 Å². The third-order valence-corrected chi connectivity index (χ3v) is 11.5. The average Bonchev–Trinajstić information content (AvgIpc) is 3.65. The molecule has 2 aromatic heterocycles. The Morgan fingerprint density at radius 1 is 0.469 bits per heavy atom. The quantitative estimate of drug-likeness (QED) is 0.182. The van der Waals surface area contributed by atoms with Crippen molar-refractivity contribution in [3.8, 4) is 56.4 Å². The van der Waals surface area contributed by atoms with Crippen LogP contribution < -0.4 is 0 Å². The van der Waals surface area contributed by atoms with Crippen LogP contribution >= 0.6 is 0 Å². The molecule has 5 aromatic carbocycles. The predicted molar refractivity (Wildman–Crippen MR) is 194 cm³/mol. The van der Waals surface area contributed by atoms with Gasteiger partial charge in [0.05, 0.1) is 0 Å². The lowest BCUT2D eigenvalue weighted by Gasteiger charge is -2.57. The molecular weight excluding hydrogens is 601 g/mol. The first-order valence-electron chi connectivity index (χ1n) is 17.6. The molecule has 4 saturated carbocycles. The van der Waals surface area contributed by atoms with Crippen LogP contribution in [0.1, 0.15) is 44.1 Å². The minimum Gasteiger partial charge on any atom is -0.443 e. The molecule has 0 atom stereocenters. The number of fused-ring (bicyclic) bond motifs is 1. The lowest BCUT2D eigenvalue weighted by molar-refractivity contribution is -0.00518. The minimum absolute atomic E-state index is 0.369. The molecule has 5 nitrogen and oxygen atoms in total. The van der Waals surface area contributed by atoms with Crippen LogP contribution in [-0.2, 0) is 5.41 Å². The molecule has 11 rings (SSSR count). The van der Waals surface area contributed by atoms with Crippen molar-refractivity contribution in [3.05, 3.63) is 133 Å². The highest BCUT2D eigenvalue weighted by atomic mass is 16.3. The Morgan fingerprint density at radius 2 is 0.918 bits per heavy atom. The van der Waals surface area contributed by atoms with E-state index in [0.29, 0.717) is 22.9 Å². The van der Waals surface area contributed by atoms with Gasteiger partial charge in [-0.2, -0.15) is 0 Å². The van der Waals surface area contributed by atoms with Gasteiger partial charge in [0.15, 0.2) is 29.4 Å². The highest BCUT2D eigenvalue weighted by molar-refractivity contribution is 5.99. The Morgan fingerprint density at radius 3 is 1.49 bits per heavy atom. The summed E-state index contributed by atoms with van der Waals surface area (Å²) in [4.78, 5) is 19.6. The zero-order chi connectivity index (χ0) is 32.4. The molecule has 0 spiro atoms. The molecule has 4 aliphatic carbocycles. The summed E-state index contributed by atoms with van der Waals surface area (Å²) in [5.41, 5.74) is 10.7. The maximum absolute atomic E-state index is 5.94. The largest absolute Gasteiger partial charge is 0.443 e. The Labute approximate surface area is 286 Å².